The van der Waals surface area contributed by atoms with Gasteiger partial charge in [-0.25, -0.2) is 0 Å². The third kappa shape index (κ3) is 3.47. The Morgan fingerprint density at radius 2 is 2.05 bits per heavy atom. The van der Waals surface area contributed by atoms with E-state index in [1.54, 1.807) is 6.92 Å². The summed E-state index contributed by atoms with van der Waals surface area (Å²) in [5.41, 5.74) is 4.77. The number of rotatable bonds is 5. The van der Waals surface area contributed by atoms with Crippen LogP contribution in [-0.4, -0.2) is 29.6 Å². The Balaban J connectivity index is 2.78. The normalized spacial score (nSPS) is 29.0. The van der Waals surface area contributed by atoms with Gasteiger partial charge in [0.25, 0.3) is 0 Å². The fourth-order valence-corrected chi connectivity index (χ4v) is 2.78. The van der Waals surface area contributed by atoms with Crippen molar-refractivity contribution in [3.8, 4) is 0 Å². The van der Waals surface area contributed by atoms with Gasteiger partial charge >= 0.3 is 5.97 Å². The smallest absolute Gasteiger partial charge is 0.311 e. The van der Waals surface area contributed by atoms with E-state index in [-0.39, 0.29) is 23.8 Å². The molecule has 0 aromatic heterocycles. The summed E-state index contributed by atoms with van der Waals surface area (Å²) in [6.07, 6.45) is 3.20. The molecule has 1 rings (SSSR count). The summed E-state index contributed by atoms with van der Waals surface area (Å²) in [5, 5.41) is 12.3. The van der Waals surface area contributed by atoms with Crippen LogP contribution in [-0.2, 0) is 9.59 Å². The Kier molecular flexibility index (Phi) is 5.35. The molecule has 1 saturated carbocycles. The fraction of sp³-hybridized carbons (Fsp3) is 0.857. The molecule has 1 amide bonds. The summed E-state index contributed by atoms with van der Waals surface area (Å²) in [6, 6.07) is -0.293. The molecule has 5 heteroatoms. The molecule has 1 fully saturated rings. The molecule has 4 N–H and O–H groups in total. The quantitative estimate of drug-likeness (QED) is 0.703. The molecule has 0 aromatic carbocycles. The number of amides is 1. The molecule has 3 unspecified atom stereocenters. The Morgan fingerprint density at radius 3 is 2.53 bits per heavy atom. The first-order chi connectivity index (χ1) is 8.82. The second kappa shape index (κ2) is 6.37. The number of carbonyl (C=O) groups is 2. The van der Waals surface area contributed by atoms with Gasteiger partial charge in [0.05, 0.1) is 11.3 Å². The summed E-state index contributed by atoms with van der Waals surface area (Å²) in [4.78, 5) is 23.7. The molecule has 0 heterocycles. The van der Waals surface area contributed by atoms with Gasteiger partial charge in [0.1, 0.15) is 0 Å². The Bertz CT molecular complexity index is 344. The first-order valence-corrected chi connectivity index (χ1v) is 7.06. The predicted molar refractivity (Wildman–Crippen MR) is 73.5 cm³/mol. The molecule has 0 radical (unpaired) electrons. The minimum atomic E-state index is -0.857. The van der Waals surface area contributed by atoms with Crippen molar-refractivity contribution in [3.63, 3.8) is 0 Å². The summed E-state index contributed by atoms with van der Waals surface area (Å²) in [7, 11) is 0. The van der Waals surface area contributed by atoms with Gasteiger partial charge in [0.15, 0.2) is 0 Å². The lowest BCUT2D eigenvalue weighted by atomic mass is 9.71. The lowest BCUT2D eigenvalue weighted by Crippen LogP contribution is -2.54. The average molecular weight is 270 g/mol. The zero-order valence-corrected chi connectivity index (χ0v) is 12.1. The van der Waals surface area contributed by atoms with Gasteiger partial charge in [-0.3, -0.25) is 9.59 Å². The van der Waals surface area contributed by atoms with Crippen LogP contribution in [0.2, 0.25) is 0 Å². The van der Waals surface area contributed by atoms with Gasteiger partial charge in [0, 0.05) is 12.6 Å². The Morgan fingerprint density at radius 1 is 1.42 bits per heavy atom. The van der Waals surface area contributed by atoms with Gasteiger partial charge in [-0.15, -0.1) is 0 Å². The topological polar surface area (TPSA) is 92.4 Å². The zero-order valence-electron chi connectivity index (χ0n) is 12.1. The maximum Gasteiger partial charge on any atom is 0.311 e. The van der Waals surface area contributed by atoms with E-state index in [2.05, 4.69) is 5.32 Å². The monoisotopic (exact) mass is 270 g/mol. The fourth-order valence-electron chi connectivity index (χ4n) is 2.78. The van der Waals surface area contributed by atoms with E-state index in [4.69, 9.17) is 5.73 Å². The van der Waals surface area contributed by atoms with Crippen molar-refractivity contribution in [1.29, 1.82) is 0 Å². The molecule has 1 aliphatic carbocycles. The highest BCUT2D eigenvalue weighted by Gasteiger charge is 2.44. The first-order valence-electron chi connectivity index (χ1n) is 7.06. The number of carbonyl (C=O) groups excluding carboxylic acids is 1. The van der Waals surface area contributed by atoms with Crippen molar-refractivity contribution in [3.05, 3.63) is 0 Å². The highest BCUT2D eigenvalue weighted by molar-refractivity contribution is 5.81. The van der Waals surface area contributed by atoms with Crippen molar-refractivity contribution in [2.75, 3.05) is 6.54 Å². The van der Waals surface area contributed by atoms with Crippen LogP contribution in [0.1, 0.15) is 46.5 Å². The average Bonchev–Trinajstić information content (AvgIpc) is 2.32. The van der Waals surface area contributed by atoms with E-state index in [0.29, 0.717) is 13.0 Å². The standard InChI is InChI=1S/C14H26N2O3/c1-9(2)10(8-15)12(17)16-11-6-4-5-7-14(11,3)13(18)19/h9-11H,4-8,15H2,1-3H3,(H,16,17)(H,18,19). The zero-order chi connectivity index (χ0) is 14.6. The minimum Gasteiger partial charge on any atom is -0.481 e. The minimum absolute atomic E-state index is 0.114. The molecule has 0 saturated heterocycles. The van der Waals surface area contributed by atoms with Crippen LogP contribution in [0, 0.1) is 17.3 Å². The van der Waals surface area contributed by atoms with Crippen LogP contribution < -0.4 is 11.1 Å². The molecule has 5 nitrogen and oxygen atoms in total. The van der Waals surface area contributed by atoms with Crippen molar-refractivity contribution in [1.82, 2.24) is 5.32 Å². The van der Waals surface area contributed by atoms with Gasteiger partial charge < -0.3 is 16.2 Å². The molecule has 0 bridgehead atoms. The number of nitrogens with one attached hydrogen (secondary N) is 1. The molecule has 0 spiro atoms. The highest BCUT2D eigenvalue weighted by atomic mass is 16.4. The van der Waals surface area contributed by atoms with E-state index in [0.717, 1.165) is 19.3 Å². The highest BCUT2D eigenvalue weighted by Crippen LogP contribution is 2.36. The van der Waals surface area contributed by atoms with Gasteiger partial charge in [-0.05, 0) is 25.7 Å². The van der Waals surface area contributed by atoms with Crippen molar-refractivity contribution < 1.29 is 14.7 Å². The summed E-state index contributed by atoms with van der Waals surface area (Å²) >= 11 is 0. The van der Waals surface area contributed by atoms with E-state index in [9.17, 15) is 14.7 Å². The number of carboxylic acids is 1. The Labute approximate surface area is 114 Å². The van der Waals surface area contributed by atoms with Crippen molar-refractivity contribution in [2.45, 2.75) is 52.5 Å². The van der Waals surface area contributed by atoms with Gasteiger partial charge in [0.2, 0.25) is 5.91 Å². The lowest BCUT2D eigenvalue weighted by Gasteiger charge is -2.39. The maximum absolute atomic E-state index is 12.2. The molecule has 1 aliphatic rings. The van der Waals surface area contributed by atoms with Gasteiger partial charge in [-0.1, -0.05) is 26.7 Å². The summed E-state index contributed by atoms with van der Waals surface area (Å²) in [5.74, 6) is -1.03. The maximum atomic E-state index is 12.2. The van der Waals surface area contributed by atoms with Crippen LogP contribution >= 0.6 is 0 Å². The second-order valence-corrected chi connectivity index (χ2v) is 6.12. The molecule has 19 heavy (non-hydrogen) atoms. The summed E-state index contributed by atoms with van der Waals surface area (Å²) < 4.78 is 0. The van der Waals surface area contributed by atoms with E-state index >= 15 is 0 Å². The van der Waals surface area contributed by atoms with Crippen LogP contribution in [0.4, 0.5) is 0 Å². The largest absolute Gasteiger partial charge is 0.481 e. The lowest BCUT2D eigenvalue weighted by molar-refractivity contribution is -0.152. The predicted octanol–water partition coefficient (Wildman–Crippen LogP) is 1.37. The molecule has 3 atom stereocenters. The number of carboxylic acid groups (broad SMARTS) is 1. The van der Waals surface area contributed by atoms with Crippen molar-refractivity contribution >= 4 is 11.9 Å². The van der Waals surface area contributed by atoms with E-state index in [1.165, 1.54) is 0 Å². The number of aliphatic carboxylic acids is 1. The van der Waals surface area contributed by atoms with Crippen LogP contribution in [0.3, 0.4) is 0 Å². The number of hydrogen-bond acceptors (Lipinski definition) is 3. The molecule has 0 aromatic rings. The van der Waals surface area contributed by atoms with E-state index < -0.39 is 11.4 Å². The van der Waals surface area contributed by atoms with E-state index in [1.807, 2.05) is 13.8 Å². The number of hydrogen-bond donors (Lipinski definition) is 3. The molecular formula is C14H26N2O3. The molecule has 0 aliphatic heterocycles. The summed E-state index contributed by atoms with van der Waals surface area (Å²) in [6.45, 7) is 5.93. The van der Waals surface area contributed by atoms with Crippen LogP contribution in [0.15, 0.2) is 0 Å². The van der Waals surface area contributed by atoms with Crippen LogP contribution in [0.5, 0.6) is 0 Å². The van der Waals surface area contributed by atoms with Crippen molar-refractivity contribution in [2.24, 2.45) is 23.0 Å². The van der Waals surface area contributed by atoms with Crippen LogP contribution in [0.25, 0.3) is 0 Å². The third-order valence-corrected chi connectivity index (χ3v) is 4.41. The number of nitrogens with two attached hydrogens (primary N) is 1. The third-order valence-electron chi connectivity index (χ3n) is 4.41. The molecule has 110 valence electrons. The SMILES string of the molecule is CC(C)C(CN)C(=O)NC1CCCCC1(C)C(=O)O. The second-order valence-electron chi connectivity index (χ2n) is 6.12. The van der Waals surface area contributed by atoms with Gasteiger partial charge in [-0.2, -0.15) is 0 Å². The molecular weight excluding hydrogens is 244 g/mol. The Hall–Kier alpha value is -1.10. The first kappa shape index (κ1) is 16.0.